The number of rotatable bonds is 1. The lowest BCUT2D eigenvalue weighted by Gasteiger charge is -2.38. The Bertz CT molecular complexity index is 399. The van der Waals surface area contributed by atoms with E-state index < -0.39 is 0 Å². The van der Waals surface area contributed by atoms with Crippen molar-refractivity contribution in [1.82, 2.24) is 10.2 Å². The molecule has 0 aliphatic heterocycles. The van der Waals surface area contributed by atoms with Crippen LogP contribution in [0.15, 0.2) is 0 Å². The average Bonchev–Trinajstić information content (AvgIpc) is 2.31. The standard InChI is InChI=1S/C10H13ClN4/c11-9-7-5-1-3-6(4-2-5)8(7)10(13-12)15-14-9/h5-6H,1-4,12H2,(H,13,15). The van der Waals surface area contributed by atoms with Crippen LogP contribution in [0.5, 0.6) is 0 Å². The summed E-state index contributed by atoms with van der Waals surface area (Å²) < 4.78 is 0. The van der Waals surface area contributed by atoms with Gasteiger partial charge in [-0.25, -0.2) is 5.84 Å². The Labute approximate surface area is 93.2 Å². The van der Waals surface area contributed by atoms with Crippen molar-refractivity contribution in [2.75, 3.05) is 5.43 Å². The molecular weight excluding hydrogens is 212 g/mol. The molecule has 3 aliphatic rings. The number of aromatic nitrogens is 2. The molecule has 0 spiro atoms. The Kier molecular flexibility index (Phi) is 2.07. The van der Waals surface area contributed by atoms with Gasteiger partial charge in [0.2, 0.25) is 0 Å². The van der Waals surface area contributed by atoms with Crippen molar-refractivity contribution >= 4 is 17.4 Å². The van der Waals surface area contributed by atoms with Crippen LogP contribution in [0.2, 0.25) is 5.15 Å². The SMILES string of the molecule is NNc1nnc(Cl)c2c1C1CCC2CC1. The maximum absolute atomic E-state index is 6.12. The van der Waals surface area contributed by atoms with Gasteiger partial charge in [0.15, 0.2) is 11.0 Å². The lowest BCUT2D eigenvalue weighted by Crippen LogP contribution is -2.26. The Morgan fingerprint density at radius 1 is 1.07 bits per heavy atom. The minimum absolute atomic E-state index is 0.568. The molecule has 1 aromatic heterocycles. The van der Waals surface area contributed by atoms with E-state index in [-0.39, 0.29) is 0 Å². The highest BCUT2D eigenvalue weighted by Gasteiger charge is 2.37. The van der Waals surface area contributed by atoms with Crippen molar-refractivity contribution in [3.63, 3.8) is 0 Å². The summed E-state index contributed by atoms with van der Waals surface area (Å²) in [5.74, 6) is 7.31. The molecule has 1 aromatic rings. The molecule has 0 atom stereocenters. The Morgan fingerprint density at radius 2 is 1.67 bits per heavy atom. The van der Waals surface area contributed by atoms with Crippen molar-refractivity contribution in [2.45, 2.75) is 37.5 Å². The third-order valence-electron chi connectivity index (χ3n) is 3.69. The van der Waals surface area contributed by atoms with Crippen LogP contribution >= 0.6 is 11.6 Å². The zero-order valence-corrected chi connectivity index (χ0v) is 9.09. The number of nitrogens with two attached hydrogens (primary N) is 1. The molecule has 3 aliphatic carbocycles. The van der Waals surface area contributed by atoms with Crippen molar-refractivity contribution in [1.29, 1.82) is 0 Å². The first kappa shape index (κ1) is 9.36. The molecule has 0 unspecified atom stereocenters. The Balaban J connectivity index is 2.24. The van der Waals surface area contributed by atoms with Gasteiger partial charge in [0.1, 0.15) is 0 Å². The molecule has 0 radical (unpaired) electrons. The lowest BCUT2D eigenvalue weighted by atomic mass is 9.68. The number of anilines is 1. The maximum Gasteiger partial charge on any atom is 0.166 e. The van der Waals surface area contributed by atoms with Crippen molar-refractivity contribution in [3.05, 3.63) is 16.3 Å². The third kappa shape index (κ3) is 1.25. The summed E-state index contributed by atoms with van der Waals surface area (Å²) in [4.78, 5) is 0. The first-order chi connectivity index (χ1) is 7.31. The zero-order chi connectivity index (χ0) is 10.4. The molecule has 5 heteroatoms. The van der Waals surface area contributed by atoms with Gasteiger partial charge in [-0.05, 0) is 37.5 Å². The molecule has 1 heterocycles. The van der Waals surface area contributed by atoms with Gasteiger partial charge in [0, 0.05) is 11.1 Å². The van der Waals surface area contributed by atoms with Crippen LogP contribution in [0.4, 0.5) is 5.82 Å². The van der Waals surface area contributed by atoms with E-state index in [0.29, 0.717) is 22.8 Å². The largest absolute Gasteiger partial charge is 0.307 e. The molecule has 1 fully saturated rings. The minimum atomic E-state index is 0.568. The molecule has 4 rings (SSSR count). The summed E-state index contributed by atoms with van der Waals surface area (Å²) in [5, 5.41) is 8.53. The van der Waals surface area contributed by atoms with E-state index >= 15 is 0 Å². The number of hydrazine groups is 1. The first-order valence-electron chi connectivity index (χ1n) is 5.34. The number of hydrogen-bond acceptors (Lipinski definition) is 4. The zero-order valence-electron chi connectivity index (χ0n) is 8.33. The summed E-state index contributed by atoms with van der Waals surface area (Å²) in [7, 11) is 0. The van der Waals surface area contributed by atoms with E-state index in [2.05, 4.69) is 15.6 Å². The molecule has 2 bridgehead atoms. The Hall–Kier alpha value is -0.870. The number of fused-ring (bicyclic) bond motifs is 2. The normalized spacial score (nSPS) is 27.6. The highest BCUT2D eigenvalue weighted by atomic mass is 35.5. The van der Waals surface area contributed by atoms with Gasteiger partial charge in [-0.3, -0.25) is 0 Å². The van der Waals surface area contributed by atoms with Crippen molar-refractivity contribution < 1.29 is 0 Å². The Morgan fingerprint density at radius 3 is 2.27 bits per heavy atom. The number of nitrogens with zero attached hydrogens (tertiary/aromatic N) is 2. The molecule has 0 amide bonds. The van der Waals surface area contributed by atoms with Crippen molar-refractivity contribution in [3.8, 4) is 0 Å². The van der Waals surface area contributed by atoms with E-state index in [1.165, 1.54) is 36.8 Å². The van der Waals surface area contributed by atoms with E-state index in [4.69, 9.17) is 17.4 Å². The topological polar surface area (TPSA) is 63.8 Å². The molecule has 15 heavy (non-hydrogen) atoms. The molecular formula is C10H13ClN4. The fourth-order valence-electron chi connectivity index (χ4n) is 3.02. The van der Waals surface area contributed by atoms with Gasteiger partial charge >= 0.3 is 0 Å². The number of halogens is 1. The summed E-state index contributed by atoms with van der Waals surface area (Å²) >= 11 is 6.12. The molecule has 80 valence electrons. The predicted molar refractivity (Wildman–Crippen MR) is 58.8 cm³/mol. The minimum Gasteiger partial charge on any atom is -0.307 e. The second-order valence-electron chi connectivity index (χ2n) is 4.36. The summed E-state index contributed by atoms with van der Waals surface area (Å²) in [6.07, 6.45) is 4.92. The van der Waals surface area contributed by atoms with Crippen LogP contribution in [-0.2, 0) is 0 Å². The second kappa shape index (κ2) is 3.32. The van der Waals surface area contributed by atoms with Crippen LogP contribution in [-0.4, -0.2) is 10.2 Å². The molecule has 1 saturated carbocycles. The lowest BCUT2D eigenvalue weighted by molar-refractivity contribution is 0.357. The van der Waals surface area contributed by atoms with Gasteiger partial charge in [0.05, 0.1) is 0 Å². The van der Waals surface area contributed by atoms with Crippen LogP contribution in [0.25, 0.3) is 0 Å². The van der Waals surface area contributed by atoms with Gasteiger partial charge in [-0.15, -0.1) is 10.2 Å². The summed E-state index contributed by atoms with van der Waals surface area (Å²) in [6, 6.07) is 0. The smallest absolute Gasteiger partial charge is 0.166 e. The van der Waals surface area contributed by atoms with E-state index in [0.717, 1.165) is 0 Å². The van der Waals surface area contributed by atoms with Crippen LogP contribution in [0.3, 0.4) is 0 Å². The highest BCUT2D eigenvalue weighted by molar-refractivity contribution is 6.30. The summed E-state index contributed by atoms with van der Waals surface area (Å²) in [6.45, 7) is 0. The monoisotopic (exact) mass is 224 g/mol. The summed E-state index contributed by atoms with van der Waals surface area (Å²) in [5.41, 5.74) is 5.05. The average molecular weight is 225 g/mol. The number of nitrogens with one attached hydrogen (secondary N) is 1. The first-order valence-corrected chi connectivity index (χ1v) is 5.71. The molecule has 0 saturated heterocycles. The van der Waals surface area contributed by atoms with Gasteiger partial charge in [-0.2, -0.15) is 0 Å². The van der Waals surface area contributed by atoms with Crippen LogP contribution in [0, 0.1) is 0 Å². The van der Waals surface area contributed by atoms with Crippen LogP contribution in [0.1, 0.15) is 48.6 Å². The number of hydrogen-bond donors (Lipinski definition) is 2. The van der Waals surface area contributed by atoms with Gasteiger partial charge in [0.25, 0.3) is 0 Å². The van der Waals surface area contributed by atoms with Crippen LogP contribution < -0.4 is 11.3 Å². The molecule has 4 nitrogen and oxygen atoms in total. The van der Waals surface area contributed by atoms with Crippen molar-refractivity contribution in [2.24, 2.45) is 5.84 Å². The quantitative estimate of drug-likeness (QED) is 0.567. The number of nitrogen functional groups attached to an aromatic ring is 1. The van der Waals surface area contributed by atoms with E-state index in [9.17, 15) is 0 Å². The third-order valence-corrected chi connectivity index (χ3v) is 3.96. The van der Waals surface area contributed by atoms with Gasteiger partial charge in [-0.1, -0.05) is 11.6 Å². The maximum atomic E-state index is 6.12. The fourth-order valence-corrected chi connectivity index (χ4v) is 3.31. The fraction of sp³-hybridized carbons (Fsp3) is 0.600. The highest BCUT2D eigenvalue weighted by Crippen LogP contribution is 2.52. The second-order valence-corrected chi connectivity index (χ2v) is 4.72. The van der Waals surface area contributed by atoms with E-state index in [1.54, 1.807) is 0 Å². The predicted octanol–water partition coefficient (Wildman–Crippen LogP) is 2.17. The molecule has 0 aromatic carbocycles. The van der Waals surface area contributed by atoms with E-state index in [1.807, 2.05) is 0 Å². The van der Waals surface area contributed by atoms with Gasteiger partial charge < -0.3 is 5.43 Å². The molecule has 3 N–H and O–H groups in total.